The maximum Gasteiger partial charge on any atom is 0.0867 e. The second kappa shape index (κ2) is 3.49. The molecule has 0 radical (unpaired) electrons. The Kier molecular flexibility index (Phi) is 2.43. The maximum atomic E-state index is 6.14. The van der Waals surface area contributed by atoms with Crippen molar-refractivity contribution in [2.45, 2.75) is 38.7 Å². The lowest BCUT2D eigenvalue weighted by molar-refractivity contribution is -0.0523. The SMILES string of the molecule is CC(C)(C)c1nccc(C2CCO2)c1N. The number of pyridine rings is 1. The quantitative estimate of drug-likeness (QED) is 0.767. The molecule has 1 aromatic rings. The number of rotatable bonds is 1. The van der Waals surface area contributed by atoms with Crippen molar-refractivity contribution in [3.8, 4) is 0 Å². The molecular weight excluding hydrogens is 188 g/mol. The first-order valence-corrected chi connectivity index (χ1v) is 5.36. The molecule has 1 aliphatic rings. The van der Waals surface area contributed by atoms with Crippen molar-refractivity contribution in [1.29, 1.82) is 0 Å². The fourth-order valence-electron chi connectivity index (χ4n) is 1.85. The van der Waals surface area contributed by atoms with Crippen LogP contribution in [0.3, 0.4) is 0 Å². The second-order valence-corrected chi connectivity index (χ2v) is 5.06. The summed E-state index contributed by atoms with van der Waals surface area (Å²) in [6, 6.07) is 1.97. The number of nitrogens with zero attached hydrogens (tertiary/aromatic N) is 1. The van der Waals surface area contributed by atoms with Gasteiger partial charge in [-0.25, -0.2) is 0 Å². The molecule has 2 rings (SSSR count). The van der Waals surface area contributed by atoms with E-state index in [1.807, 2.05) is 12.3 Å². The van der Waals surface area contributed by atoms with Crippen molar-refractivity contribution in [2.24, 2.45) is 0 Å². The maximum absolute atomic E-state index is 6.14. The van der Waals surface area contributed by atoms with Crippen LogP contribution in [-0.4, -0.2) is 11.6 Å². The van der Waals surface area contributed by atoms with Crippen LogP contribution in [0.1, 0.15) is 44.6 Å². The van der Waals surface area contributed by atoms with Crippen LogP contribution in [-0.2, 0) is 10.2 Å². The average molecular weight is 206 g/mol. The molecule has 0 spiro atoms. The highest BCUT2D eigenvalue weighted by atomic mass is 16.5. The third kappa shape index (κ3) is 1.84. The average Bonchev–Trinajstić information content (AvgIpc) is 2.03. The van der Waals surface area contributed by atoms with Gasteiger partial charge in [-0.05, 0) is 6.07 Å². The fourth-order valence-corrected chi connectivity index (χ4v) is 1.85. The van der Waals surface area contributed by atoms with Crippen molar-refractivity contribution in [3.63, 3.8) is 0 Å². The van der Waals surface area contributed by atoms with Crippen molar-refractivity contribution in [2.75, 3.05) is 12.3 Å². The summed E-state index contributed by atoms with van der Waals surface area (Å²) in [7, 11) is 0. The van der Waals surface area contributed by atoms with E-state index in [1.54, 1.807) is 0 Å². The summed E-state index contributed by atoms with van der Waals surface area (Å²) in [5, 5.41) is 0. The van der Waals surface area contributed by atoms with Gasteiger partial charge < -0.3 is 10.5 Å². The first-order chi connectivity index (χ1) is 7.00. The molecule has 0 saturated carbocycles. The standard InChI is InChI=1S/C12H18N2O/c1-12(2,3)11-10(13)8(4-6-14-11)9-5-7-15-9/h4,6,9H,5,7,13H2,1-3H3. The van der Waals surface area contributed by atoms with Crippen LogP contribution in [0.25, 0.3) is 0 Å². The minimum absolute atomic E-state index is 0.0101. The van der Waals surface area contributed by atoms with Gasteiger partial charge in [0.15, 0.2) is 0 Å². The molecule has 1 saturated heterocycles. The van der Waals surface area contributed by atoms with Gasteiger partial charge in [-0.1, -0.05) is 20.8 Å². The Bertz CT molecular complexity index is 364. The Hall–Kier alpha value is -1.09. The molecule has 1 aromatic heterocycles. The van der Waals surface area contributed by atoms with Crippen LogP contribution in [0.2, 0.25) is 0 Å². The van der Waals surface area contributed by atoms with Gasteiger partial charge in [-0.15, -0.1) is 0 Å². The summed E-state index contributed by atoms with van der Waals surface area (Å²) < 4.78 is 5.46. The van der Waals surface area contributed by atoms with E-state index in [2.05, 4.69) is 25.8 Å². The highest BCUT2D eigenvalue weighted by molar-refractivity contribution is 5.54. The van der Waals surface area contributed by atoms with Crippen molar-refractivity contribution in [1.82, 2.24) is 4.98 Å². The molecule has 2 N–H and O–H groups in total. The molecule has 0 bridgehead atoms. The topological polar surface area (TPSA) is 48.1 Å². The minimum Gasteiger partial charge on any atom is -0.397 e. The zero-order chi connectivity index (χ0) is 11.1. The number of aromatic nitrogens is 1. The molecule has 15 heavy (non-hydrogen) atoms. The predicted octanol–water partition coefficient (Wildman–Crippen LogP) is 2.42. The molecular formula is C12H18N2O. The van der Waals surface area contributed by atoms with Gasteiger partial charge >= 0.3 is 0 Å². The monoisotopic (exact) mass is 206 g/mol. The number of hydrogen-bond donors (Lipinski definition) is 1. The zero-order valence-corrected chi connectivity index (χ0v) is 9.58. The summed E-state index contributed by atoms with van der Waals surface area (Å²) in [6.45, 7) is 7.21. The van der Waals surface area contributed by atoms with E-state index in [4.69, 9.17) is 10.5 Å². The molecule has 2 heterocycles. The Morgan fingerprint density at radius 3 is 2.60 bits per heavy atom. The second-order valence-electron chi connectivity index (χ2n) is 5.06. The van der Waals surface area contributed by atoms with Crippen LogP contribution < -0.4 is 5.73 Å². The Labute approximate surface area is 90.7 Å². The molecule has 1 aliphatic heterocycles. The van der Waals surface area contributed by atoms with Gasteiger partial charge in [0, 0.05) is 23.6 Å². The molecule has 0 aromatic carbocycles. The van der Waals surface area contributed by atoms with E-state index in [-0.39, 0.29) is 11.5 Å². The smallest absolute Gasteiger partial charge is 0.0867 e. The third-order valence-electron chi connectivity index (χ3n) is 2.78. The third-order valence-corrected chi connectivity index (χ3v) is 2.78. The van der Waals surface area contributed by atoms with Crippen molar-refractivity contribution >= 4 is 5.69 Å². The van der Waals surface area contributed by atoms with Crippen molar-refractivity contribution in [3.05, 3.63) is 23.5 Å². The van der Waals surface area contributed by atoms with E-state index < -0.39 is 0 Å². The Balaban J connectivity index is 2.41. The van der Waals surface area contributed by atoms with Gasteiger partial charge in [0.1, 0.15) is 0 Å². The Morgan fingerprint density at radius 2 is 2.13 bits per heavy atom. The molecule has 1 atom stereocenters. The fraction of sp³-hybridized carbons (Fsp3) is 0.583. The summed E-state index contributed by atoms with van der Waals surface area (Å²) in [5.41, 5.74) is 8.99. The number of nitrogens with two attached hydrogens (primary N) is 1. The van der Waals surface area contributed by atoms with Crippen LogP contribution in [0, 0.1) is 0 Å². The summed E-state index contributed by atoms with van der Waals surface area (Å²) in [6.07, 6.45) is 3.08. The molecule has 0 amide bonds. The highest BCUT2D eigenvalue weighted by Crippen LogP contribution is 2.36. The summed E-state index contributed by atoms with van der Waals surface area (Å²) >= 11 is 0. The van der Waals surface area contributed by atoms with Gasteiger partial charge in [-0.3, -0.25) is 4.98 Å². The van der Waals surface area contributed by atoms with Crippen LogP contribution >= 0.6 is 0 Å². The predicted molar refractivity (Wildman–Crippen MR) is 60.7 cm³/mol. The molecule has 1 fully saturated rings. The summed E-state index contributed by atoms with van der Waals surface area (Å²) in [5.74, 6) is 0. The van der Waals surface area contributed by atoms with E-state index in [9.17, 15) is 0 Å². The van der Waals surface area contributed by atoms with Gasteiger partial charge in [0.05, 0.1) is 24.1 Å². The zero-order valence-electron chi connectivity index (χ0n) is 9.58. The van der Waals surface area contributed by atoms with Crippen molar-refractivity contribution < 1.29 is 4.74 Å². The molecule has 3 heteroatoms. The molecule has 0 aliphatic carbocycles. The van der Waals surface area contributed by atoms with Crippen LogP contribution in [0.4, 0.5) is 5.69 Å². The normalized spacial score (nSPS) is 21.1. The molecule has 1 unspecified atom stereocenters. The number of ether oxygens (including phenoxy) is 1. The van der Waals surface area contributed by atoms with Crippen LogP contribution in [0.15, 0.2) is 12.3 Å². The molecule has 82 valence electrons. The lowest BCUT2D eigenvalue weighted by atomic mass is 9.88. The van der Waals surface area contributed by atoms with Gasteiger partial charge in [-0.2, -0.15) is 0 Å². The van der Waals surface area contributed by atoms with E-state index >= 15 is 0 Å². The number of hydrogen-bond acceptors (Lipinski definition) is 3. The first-order valence-electron chi connectivity index (χ1n) is 5.36. The lowest BCUT2D eigenvalue weighted by Crippen LogP contribution is -2.23. The summed E-state index contributed by atoms with van der Waals surface area (Å²) in [4.78, 5) is 4.37. The molecule has 3 nitrogen and oxygen atoms in total. The first kappa shape index (κ1) is 10.4. The lowest BCUT2D eigenvalue weighted by Gasteiger charge is -2.30. The Morgan fingerprint density at radius 1 is 1.47 bits per heavy atom. The van der Waals surface area contributed by atoms with E-state index in [0.29, 0.717) is 0 Å². The number of anilines is 1. The van der Waals surface area contributed by atoms with Gasteiger partial charge in [0.2, 0.25) is 0 Å². The van der Waals surface area contributed by atoms with E-state index in [0.717, 1.165) is 30.0 Å². The van der Waals surface area contributed by atoms with E-state index in [1.165, 1.54) is 0 Å². The van der Waals surface area contributed by atoms with Gasteiger partial charge in [0.25, 0.3) is 0 Å². The number of nitrogen functional groups attached to an aromatic ring is 1. The largest absolute Gasteiger partial charge is 0.397 e. The minimum atomic E-state index is -0.0101. The van der Waals surface area contributed by atoms with Crippen LogP contribution in [0.5, 0.6) is 0 Å². The highest BCUT2D eigenvalue weighted by Gasteiger charge is 2.27.